The van der Waals surface area contributed by atoms with Crippen LogP contribution >= 0.6 is 0 Å². The highest BCUT2D eigenvalue weighted by Crippen LogP contribution is 2.21. The average Bonchev–Trinajstić information content (AvgIpc) is 3.00. The molecule has 0 aliphatic heterocycles. The maximum Gasteiger partial charge on any atom is 0.123 e. The predicted octanol–water partition coefficient (Wildman–Crippen LogP) is 13.8. The highest BCUT2D eigenvalue weighted by atomic mass is 19.1. The van der Waals surface area contributed by atoms with Gasteiger partial charge in [0.2, 0.25) is 0 Å². The summed E-state index contributed by atoms with van der Waals surface area (Å²) in [6, 6.07) is 15.3. The van der Waals surface area contributed by atoms with Gasteiger partial charge in [-0.1, -0.05) is 171 Å². The quantitative estimate of drug-likeness (QED) is 0.158. The van der Waals surface area contributed by atoms with Crippen LogP contribution in [0, 0.1) is 25.6 Å². The van der Waals surface area contributed by atoms with Gasteiger partial charge in [0.25, 0.3) is 0 Å². The molecule has 0 aliphatic carbocycles. The van der Waals surface area contributed by atoms with E-state index in [1.807, 2.05) is 26.0 Å². The maximum atomic E-state index is 12.4. The number of unbranched alkanes of at least 4 members (excludes halogenated alkanes) is 3. The summed E-state index contributed by atoms with van der Waals surface area (Å²) in [7, 11) is 0. The molecule has 2 aromatic carbocycles. The van der Waals surface area contributed by atoms with Crippen LogP contribution in [-0.2, 0) is 6.42 Å². The van der Waals surface area contributed by atoms with Gasteiger partial charge in [-0.2, -0.15) is 0 Å². The molecule has 0 radical (unpaired) electrons. The van der Waals surface area contributed by atoms with Crippen molar-refractivity contribution < 1.29 is 4.39 Å². The first kappa shape index (κ1) is 45.9. The third kappa shape index (κ3) is 31.4. The Kier molecular flexibility index (Phi) is 37.2. The number of hydrogen-bond donors (Lipinski definition) is 0. The number of rotatable bonds is 9. The zero-order valence-corrected chi connectivity index (χ0v) is 29.3. The minimum absolute atomic E-state index is 0.144. The van der Waals surface area contributed by atoms with E-state index in [-0.39, 0.29) is 5.82 Å². The van der Waals surface area contributed by atoms with Gasteiger partial charge >= 0.3 is 0 Å². The van der Waals surface area contributed by atoms with Crippen LogP contribution in [0.5, 0.6) is 0 Å². The molecule has 0 saturated carbocycles. The first-order valence-electron chi connectivity index (χ1n) is 15.8. The number of halogens is 1. The third-order valence-electron chi connectivity index (χ3n) is 6.18. The standard InChI is InChI=1S/C12H16.C10H16.C8H9F.C5H12.C4H10.C2H2/c1-9(2)11(4)12-7-5-10(3)6-8-12;1-5-10(6-2)8-7-9(3)4;1-2-7-4-3-5-8(9)6-7;1-3-5-4-2;1-3-4-2;1-2/h5-8,11H,1H2,2-4H3;5,7-8H,3,6H2,1-2,4H3;3-6H,2H2,1H3;3-5H2,1-2H3;3-4H2,1-2H3;1-2H/b;8-7-,10-5+;;;;. The second kappa shape index (κ2) is 34.1. The Hall–Kier alpha value is -3.11. The highest BCUT2D eigenvalue weighted by molar-refractivity contribution is 5.28. The van der Waals surface area contributed by atoms with Gasteiger partial charge in [0.1, 0.15) is 5.82 Å². The second-order valence-corrected chi connectivity index (χ2v) is 10.2. The minimum Gasteiger partial charge on any atom is -0.207 e. The van der Waals surface area contributed by atoms with Crippen LogP contribution in [0.25, 0.3) is 0 Å². The summed E-state index contributed by atoms with van der Waals surface area (Å²) < 4.78 is 12.4. The molecule has 0 saturated heterocycles. The first-order chi connectivity index (χ1) is 20.0. The van der Waals surface area contributed by atoms with Gasteiger partial charge in [-0.05, 0) is 63.8 Å². The smallest absolute Gasteiger partial charge is 0.123 e. The van der Waals surface area contributed by atoms with Crippen LogP contribution < -0.4 is 0 Å². The van der Waals surface area contributed by atoms with Gasteiger partial charge in [-0.15, -0.1) is 12.8 Å². The van der Waals surface area contributed by atoms with Crippen molar-refractivity contribution in [2.24, 2.45) is 0 Å². The van der Waals surface area contributed by atoms with E-state index in [2.05, 4.69) is 125 Å². The fraction of sp³-hybridized carbons (Fsp3) is 0.463. The number of allylic oxidation sites excluding steroid dienone is 6. The minimum atomic E-state index is -0.144. The fourth-order valence-electron chi connectivity index (χ4n) is 2.92. The lowest BCUT2D eigenvalue weighted by molar-refractivity contribution is 0.625. The van der Waals surface area contributed by atoms with Crippen molar-refractivity contribution in [1.82, 2.24) is 0 Å². The molecule has 0 aromatic heterocycles. The van der Waals surface area contributed by atoms with Crippen molar-refractivity contribution in [3.63, 3.8) is 0 Å². The SMILES string of the molecule is C#C.C=C(C)/C=C\C(=C\C)CC.C=C(C)C(C)c1ccc(C)cc1.CCCC.CCCCC.CCc1cccc(F)c1. The molecule has 1 unspecified atom stereocenters. The molecular formula is C41H65F. The second-order valence-electron chi connectivity index (χ2n) is 10.2. The Balaban J connectivity index is -0.000000222. The summed E-state index contributed by atoms with van der Waals surface area (Å²) in [6.45, 7) is 31.1. The molecule has 1 atom stereocenters. The molecule has 0 amide bonds. The van der Waals surface area contributed by atoms with E-state index in [1.54, 1.807) is 12.1 Å². The van der Waals surface area contributed by atoms with Gasteiger partial charge in [-0.3, -0.25) is 0 Å². The lowest BCUT2D eigenvalue weighted by Crippen LogP contribution is -1.93. The molecule has 0 heterocycles. The normalized spacial score (nSPS) is 10.4. The van der Waals surface area contributed by atoms with E-state index in [0.717, 1.165) is 24.0 Å². The number of benzene rings is 2. The van der Waals surface area contributed by atoms with Crippen molar-refractivity contribution in [3.8, 4) is 12.8 Å². The van der Waals surface area contributed by atoms with E-state index >= 15 is 0 Å². The summed E-state index contributed by atoms with van der Waals surface area (Å²) >= 11 is 0. The van der Waals surface area contributed by atoms with Crippen LogP contribution in [0.1, 0.15) is 130 Å². The van der Waals surface area contributed by atoms with Gasteiger partial charge in [-0.25, -0.2) is 4.39 Å². The van der Waals surface area contributed by atoms with Gasteiger partial charge in [0.15, 0.2) is 0 Å². The van der Waals surface area contributed by atoms with Crippen molar-refractivity contribution in [1.29, 1.82) is 0 Å². The molecule has 0 N–H and O–H groups in total. The lowest BCUT2D eigenvalue weighted by atomic mass is 9.94. The van der Waals surface area contributed by atoms with E-state index in [1.165, 1.54) is 60.4 Å². The molecule has 2 aromatic rings. The van der Waals surface area contributed by atoms with Crippen LogP contribution in [-0.4, -0.2) is 0 Å². The molecule has 0 fully saturated rings. The predicted molar refractivity (Wildman–Crippen MR) is 194 cm³/mol. The topological polar surface area (TPSA) is 0 Å². The molecule has 1 heteroatoms. The first-order valence-corrected chi connectivity index (χ1v) is 15.8. The fourth-order valence-corrected chi connectivity index (χ4v) is 2.92. The van der Waals surface area contributed by atoms with E-state index in [0.29, 0.717) is 5.92 Å². The summed E-state index contributed by atoms with van der Waals surface area (Å²) in [5.74, 6) is 0.333. The number of aryl methyl sites for hydroxylation is 2. The van der Waals surface area contributed by atoms with Crippen molar-refractivity contribution >= 4 is 0 Å². The Labute approximate surface area is 263 Å². The highest BCUT2D eigenvalue weighted by Gasteiger charge is 2.04. The Morgan fingerprint density at radius 1 is 0.833 bits per heavy atom. The molecular weight excluding hydrogens is 511 g/mol. The van der Waals surface area contributed by atoms with Crippen LogP contribution in [0.15, 0.2) is 96.6 Å². The molecule has 2 rings (SSSR count). The zero-order valence-electron chi connectivity index (χ0n) is 29.3. The Morgan fingerprint density at radius 3 is 1.64 bits per heavy atom. The van der Waals surface area contributed by atoms with Crippen LogP contribution in [0.3, 0.4) is 0 Å². The van der Waals surface area contributed by atoms with Crippen molar-refractivity contribution in [2.45, 2.75) is 127 Å². The van der Waals surface area contributed by atoms with Crippen LogP contribution in [0.2, 0.25) is 0 Å². The summed E-state index contributed by atoms with van der Waals surface area (Å²) in [6.07, 6.45) is 23.0. The van der Waals surface area contributed by atoms with Gasteiger partial charge in [0.05, 0.1) is 0 Å². The molecule has 0 aliphatic rings. The van der Waals surface area contributed by atoms with E-state index in [9.17, 15) is 4.39 Å². The maximum absolute atomic E-state index is 12.4. The third-order valence-corrected chi connectivity index (χ3v) is 6.18. The van der Waals surface area contributed by atoms with E-state index in [4.69, 9.17) is 0 Å². The molecule has 0 bridgehead atoms. The monoisotopic (exact) mass is 577 g/mol. The summed E-state index contributed by atoms with van der Waals surface area (Å²) in [5, 5.41) is 0. The Bertz CT molecular complexity index is 965. The van der Waals surface area contributed by atoms with Crippen molar-refractivity contribution in [2.75, 3.05) is 0 Å². The average molecular weight is 577 g/mol. The van der Waals surface area contributed by atoms with E-state index < -0.39 is 0 Å². The van der Waals surface area contributed by atoms with Crippen molar-refractivity contribution in [3.05, 3.63) is 119 Å². The molecule has 236 valence electrons. The van der Waals surface area contributed by atoms with Gasteiger partial charge < -0.3 is 0 Å². The zero-order chi connectivity index (χ0) is 33.3. The lowest BCUT2D eigenvalue weighted by Gasteiger charge is -2.11. The molecule has 0 spiro atoms. The summed E-state index contributed by atoms with van der Waals surface area (Å²) in [5.41, 5.74) is 7.41. The van der Waals surface area contributed by atoms with Crippen LogP contribution in [0.4, 0.5) is 4.39 Å². The summed E-state index contributed by atoms with van der Waals surface area (Å²) in [4.78, 5) is 0. The molecule has 0 nitrogen and oxygen atoms in total. The Morgan fingerprint density at radius 2 is 1.36 bits per heavy atom. The largest absolute Gasteiger partial charge is 0.207 e. The number of terminal acetylenes is 1. The van der Waals surface area contributed by atoms with Gasteiger partial charge in [0, 0.05) is 5.92 Å². The molecule has 42 heavy (non-hydrogen) atoms. The number of hydrogen-bond acceptors (Lipinski definition) is 0.